The lowest BCUT2D eigenvalue weighted by molar-refractivity contribution is -0.116. The molecular formula is C14H16N2O4S2. The van der Waals surface area contributed by atoms with Crippen LogP contribution in [0.15, 0.2) is 46.0 Å². The SMILES string of the molecule is COc1cccc(NC(=O)CN(C)S(=O)(=O)c2cccs2)c1. The third kappa shape index (κ3) is 3.85. The van der Waals surface area contributed by atoms with Crippen molar-refractivity contribution in [2.75, 3.05) is 26.0 Å². The summed E-state index contributed by atoms with van der Waals surface area (Å²) in [6.45, 7) is -0.266. The summed E-state index contributed by atoms with van der Waals surface area (Å²) < 4.78 is 30.7. The van der Waals surface area contributed by atoms with Crippen LogP contribution in [0.5, 0.6) is 5.75 Å². The van der Waals surface area contributed by atoms with Gasteiger partial charge < -0.3 is 10.1 Å². The Kier molecular flexibility index (Phi) is 5.17. The molecule has 0 unspecified atom stereocenters. The maximum Gasteiger partial charge on any atom is 0.252 e. The van der Waals surface area contributed by atoms with Gasteiger partial charge in [0.15, 0.2) is 0 Å². The van der Waals surface area contributed by atoms with E-state index in [1.807, 2.05) is 0 Å². The highest BCUT2D eigenvalue weighted by atomic mass is 32.2. The Labute approximate surface area is 133 Å². The van der Waals surface area contributed by atoms with Crippen LogP contribution in [0.4, 0.5) is 5.69 Å². The van der Waals surface area contributed by atoms with Crippen LogP contribution in [-0.4, -0.2) is 39.3 Å². The molecule has 0 fully saturated rings. The molecule has 1 aromatic heterocycles. The smallest absolute Gasteiger partial charge is 0.252 e. The van der Waals surface area contributed by atoms with Crippen molar-refractivity contribution in [2.45, 2.75) is 4.21 Å². The van der Waals surface area contributed by atoms with Crippen molar-refractivity contribution in [1.29, 1.82) is 0 Å². The lowest BCUT2D eigenvalue weighted by Gasteiger charge is -2.15. The summed E-state index contributed by atoms with van der Waals surface area (Å²) >= 11 is 1.12. The number of thiophene rings is 1. The summed E-state index contributed by atoms with van der Waals surface area (Å²) in [7, 11) is -0.724. The zero-order chi connectivity index (χ0) is 16.2. The Morgan fingerprint density at radius 2 is 2.09 bits per heavy atom. The third-order valence-electron chi connectivity index (χ3n) is 2.88. The highest BCUT2D eigenvalue weighted by Crippen LogP contribution is 2.20. The van der Waals surface area contributed by atoms with E-state index in [-0.39, 0.29) is 10.8 Å². The fraction of sp³-hybridized carbons (Fsp3) is 0.214. The number of rotatable bonds is 6. The second-order valence-corrected chi connectivity index (χ2v) is 7.69. The number of anilines is 1. The molecule has 0 spiro atoms. The number of likely N-dealkylation sites (N-methyl/N-ethyl adjacent to an activating group) is 1. The Balaban J connectivity index is 2.02. The van der Waals surface area contributed by atoms with Crippen molar-refractivity contribution in [3.63, 3.8) is 0 Å². The summed E-state index contributed by atoms with van der Waals surface area (Å²) in [4.78, 5) is 12.0. The van der Waals surface area contributed by atoms with E-state index in [9.17, 15) is 13.2 Å². The van der Waals surface area contributed by atoms with Crippen LogP contribution in [0.25, 0.3) is 0 Å². The molecule has 2 rings (SSSR count). The molecule has 0 saturated carbocycles. The monoisotopic (exact) mass is 340 g/mol. The highest BCUT2D eigenvalue weighted by molar-refractivity contribution is 7.91. The molecule has 1 amide bonds. The molecule has 118 valence electrons. The first-order chi connectivity index (χ1) is 10.4. The normalized spacial score (nSPS) is 11.4. The van der Waals surface area contributed by atoms with Crippen molar-refractivity contribution in [3.8, 4) is 5.75 Å². The third-order valence-corrected chi connectivity index (χ3v) is 6.06. The lowest BCUT2D eigenvalue weighted by Crippen LogP contribution is -2.34. The van der Waals surface area contributed by atoms with Gasteiger partial charge in [-0.05, 0) is 23.6 Å². The van der Waals surface area contributed by atoms with Crippen LogP contribution >= 0.6 is 11.3 Å². The molecule has 6 nitrogen and oxygen atoms in total. The van der Waals surface area contributed by atoms with Crippen molar-refractivity contribution in [3.05, 3.63) is 41.8 Å². The van der Waals surface area contributed by atoms with Gasteiger partial charge >= 0.3 is 0 Å². The molecule has 0 atom stereocenters. The van der Waals surface area contributed by atoms with Gasteiger partial charge in [-0.1, -0.05) is 12.1 Å². The van der Waals surface area contributed by atoms with Crippen molar-refractivity contribution >= 4 is 33.0 Å². The Morgan fingerprint density at radius 3 is 2.73 bits per heavy atom. The number of nitrogens with one attached hydrogen (secondary N) is 1. The number of ether oxygens (including phenoxy) is 1. The number of hydrogen-bond acceptors (Lipinski definition) is 5. The second-order valence-electron chi connectivity index (χ2n) is 4.47. The first kappa shape index (κ1) is 16.5. The van der Waals surface area contributed by atoms with E-state index in [4.69, 9.17) is 4.74 Å². The van der Waals surface area contributed by atoms with Gasteiger partial charge in [-0.15, -0.1) is 11.3 Å². The van der Waals surface area contributed by atoms with Gasteiger partial charge in [-0.25, -0.2) is 8.42 Å². The fourth-order valence-corrected chi connectivity index (χ4v) is 4.08. The van der Waals surface area contributed by atoms with Crippen LogP contribution in [0.1, 0.15) is 0 Å². The molecule has 0 bridgehead atoms. The maximum atomic E-state index is 12.2. The standard InChI is InChI=1S/C14H16N2O4S2/c1-16(22(18,19)14-7-4-8-21-14)10-13(17)15-11-5-3-6-12(9-11)20-2/h3-9H,10H2,1-2H3,(H,15,17). The van der Waals surface area contributed by atoms with E-state index in [1.54, 1.807) is 35.7 Å². The topological polar surface area (TPSA) is 75.7 Å². The van der Waals surface area contributed by atoms with E-state index >= 15 is 0 Å². The number of carbonyl (C=O) groups is 1. The number of amides is 1. The van der Waals surface area contributed by atoms with Crippen LogP contribution in [0.3, 0.4) is 0 Å². The van der Waals surface area contributed by atoms with E-state index in [2.05, 4.69) is 5.32 Å². The van der Waals surface area contributed by atoms with Crippen LogP contribution in [-0.2, 0) is 14.8 Å². The summed E-state index contributed by atoms with van der Waals surface area (Å²) in [5.41, 5.74) is 0.547. The molecule has 22 heavy (non-hydrogen) atoms. The summed E-state index contributed by atoms with van der Waals surface area (Å²) in [6.07, 6.45) is 0. The zero-order valence-electron chi connectivity index (χ0n) is 12.1. The number of benzene rings is 1. The van der Waals surface area contributed by atoms with Crippen LogP contribution < -0.4 is 10.1 Å². The molecule has 1 N–H and O–H groups in total. The van der Waals surface area contributed by atoms with Crippen molar-refractivity contribution in [1.82, 2.24) is 4.31 Å². The molecule has 0 aliphatic heterocycles. The number of methoxy groups -OCH3 is 1. The number of hydrogen-bond donors (Lipinski definition) is 1. The number of nitrogens with zero attached hydrogens (tertiary/aromatic N) is 1. The molecular weight excluding hydrogens is 324 g/mol. The summed E-state index contributed by atoms with van der Waals surface area (Å²) in [5.74, 6) is 0.188. The van der Waals surface area contributed by atoms with Crippen molar-refractivity contribution < 1.29 is 17.9 Å². The Hall–Kier alpha value is -1.90. The predicted octanol–water partition coefficient (Wildman–Crippen LogP) is 2.02. The predicted molar refractivity (Wildman–Crippen MR) is 85.8 cm³/mol. The molecule has 8 heteroatoms. The average molecular weight is 340 g/mol. The number of carbonyl (C=O) groups excluding carboxylic acids is 1. The Morgan fingerprint density at radius 1 is 1.32 bits per heavy atom. The number of sulfonamides is 1. The van der Waals surface area contributed by atoms with E-state index in [0.717, 1.165) is 15.6 Å². The molecule has 1 heterocycles. The quantitative estimate of drug-likeness (QED) is 0.873. The largest absolute Gasteiger partial charge is 0.497 e. The van der Waals surface area contributed by atoms with Crippen LogP contribution in [0, 0.1) is 0 Å². The molecule has 2 aromatic rings. The van der Waals surface area contributed by atoms with E-state index < -0.39 is 15.9 Å². The van der Waals surface area contributed by atoms with Gasteiger partial charge in [0.25, 0.3) is 10.0 Å². The van der Waals surface area contributed by atoms with E-state index in [1.165, 1.54) is 20.2 Å². The molecule has 0 aliphatic carbocycles. The molecule has 1 aromatic carbocycles. The maximum absolute atomic E-state index is 12.2. The van der Waals surface area contributed by atoms with Gasteiger partial charge in [0.1, 0.15) is 9.96 Å². The summed E-state index contributed by atoms with van der Waals surface area (Å²) in [5, 5.41) is 4.32. The minimum Gasteiger partial charge on any atom is -0.497 e. The molecule has 0 radical (unpaired) electrons. The minimum absolute atomic E-state index is 0.212. The Bertz CT molecular complexity index is 742. The average Bonchev–Trinajstić information content (AvgIpc) is 3.02. The van der Waals surface area contributed by atoms with Crippen molar-refractivity contribution in [2.24, 2.45) is 0 Å². The van der Waals surface area contributed by atoms with Gasteiger partial charge in [-0.2, -0.15) is 4.31 Å². The summed E-state index contributed by atoms with van der Waals surface area (Å²) in [6, 6.07) is 10.0. The fourth-order valence-electron chi connectivity index (χ4n) is 1.75. The van der Waals surface area contributed by atoms with Crippen LogP contribution in [0.2, 0.25) is 0 Å². The van der Waals surface area contributed by atoms with E-state index in [0.29, 0.717) is 11.4 Å². The van der Waals surface area contributed by atoms with Gasteiger partial charge in [0.05, 0.1) is 13.7 Å². The molecule has 0 aliphatic rings. The lowest BCUT2D eigenvalue weighted by atomic mass is 10.3. The van der Waals surface area contributed by atoms with Gasteiger partial charge in [0, 0.05) is 18.8 Å². The first-order valence-electron chi connectivity index (χ1n) is 6.37. The van der Waals surface area contributed by atoms with Gasteiger partial charge in [-0.3, -0.25) is 4.79 Å². The first-order valence-corrected chi connectivity index (χ1v) is 8.69. The zero-order valence-corrected chi connectivity index (χ0v) is 13.8. The minimum atomic E-state index is -3.63. The van der Waals surface area contributed by atoms with Gasteiger partial charge in [0.2, 0.25) is 5.91 Å². The second kappa shape index (κ2) is 6.91. The molecule has 0 saturated heterocycles. The highest BCUT2D eigenvalue weighted by Gasteiger charge is 2.23.